The lowest BCUT2D eigenvalue weighted by atomic mass is 10.2. The number of hydrogen-bond donors (Lipinski definition) is 0. The molecule has 0 aromatic carbocycles. The Labute approximate surface area is 96.7 Å². The van der Waals surface area contributed by atoms with Gasteiger partial charge in [0.15, 0.2) is 0 Å². The average molecular weight is 231 g/mol. The molecule has 4 heteroatoms. The maximum Gasteiger partial charge on any atom is 0.240 e. The SMILES string of the molecule is C=CCN1CCN(C(=O)[C@@H](Cl)CC)CC1. The normalized spacial score (nSPS) is 20.0. The summed E-state index contributed by atoms with van der Waals surface area (Å²) >= 11 is 5.93. The van der Waals surface area contributed by atoms with Gasteiger partial charge in [-0.3, -0.25) is 9.69 Å². The minimum absolute atomic E-state index is 0.0809. The third kappa shape index (κ3) is 3.50. The molecular formula is C11H19ClN2O. The van der Waals surface area contributed by atoms with E-state index in [4.69, 9.17) is 11.6 Å². The lowest BCUT2D eigenvalue weighted by molar-refractivity contribution is -0.132. The largest absolute Gasteiger partial charge is 0.339 e. The molecule has 86 valence electrons. The first-order chi connectivity index (χ1) is 7.19. The van der Waals surface area contributed by atoms with Crippen molar-refractivity contribution >= 4 is 17.5 Å². The van der Waals surface area contributed by atoms with E-state index in [1.165, 1.54) is 0 Å². The van der Waals surface area contributed by atoms with Crippen LogP contribution >= 0.6 is 11.6 Å². The van der Waals surface area contributed by atoms with Crippen molar-refractivity contribution < 1.29 is 4.79 Å². The van der Waals surface area contributed by atoms with Gasteiger partial charge in [-0.05, 0) is 6.42 Å². The Morgan fingerprint density at radius 3 is 2.53 bits per heavy atom. The number of alkyl halides is 1. The van der Waals surface area contributed by atoms with Gasteiger partial charge in [-0.15, -0.1) is 18.2 Å². The van der Waals surface area contributed by atoms with Crippen molar-refractivity contribution in [2.45, 2.75) is 18.7 Å². The molecule has 0 aliphatic carbocycles. The van der Waals surface area contributed by atoms with Gasteiger partial charge in [0.05, 0.1) is 0 Å². The van der Waals surface area contributed by atoms with Crippen LogP contribution in [0, 0.1) is 0 Å². The first kappa shape index (κ1) is 12.5. The lowest BCUT2D eigenvalue weighted by Gasteiger charge is -2.34. The molecule has 3 nitrogen and oxygen atoms in total. The monoisotopic (exact) mass is 230 g/mol. The van der Waals surface area contributed by atoms with Crippen LogP contribution in [0.5, 0.6) is 0 Å². The van der Waals surface area contributed by atoms with E-state index in [9.17, 15) is 4.79 Å². The van der Waals surface area contributed by atoms with Gasteiger partial charge in [-0.2, -0.15) is 0 Å². The number of hydrogen-bond acceptors (Lipinski definition) is 2. The van der Waals surface area contributed by atoms with E-state index in [-0.39, 0.29) is 11.3 Å². The molecule has 1 heterocycles. The van der Waals surface area contributed by atoms with Gasteiger partial charge < -0.3 is 4.90 Å². The van der Waals surface area contributed by atoms with Gasteiger partial charge in [0.2, 0.25) is 5.91 Å². The molecule has 0 N–H and O–H groups in total. The summed E-state index contributed by atoms with van der Waals surface area (Å²) in [4.78, 5) is 15.9. The minimum atomic E-state index is -0.351. The number of carbonyl (C=O) groups is 1. The Morgan fingerprint density at radius 1 is 1.47 bits per heavy atom. The quantitative estimate of drug-likeness (QED) is 0.538. The van der Waals surface area contributed by atoms with Crippen LogP contribution in [0.2, 0.25) is 0 Å². The van der Waals surface area contributed by atoms with Gasteiger partial charge in [-0.25, -0.2) is 0 Å². The minimum Gasteiger partial charge on any atom is -0.339 e. The summed E-state index contributed by atoms with van der Waals surface area (Å²) in [6, 6.07) is 0. The number of amides is 1. The maximum absolute atomic E-state index is 11.7. The Hall–Kier alpha value is -0.540. The third-order valence-corrected chi connectivity index (χ3v) is 3.19. The van der Waals surface area contributed by atoms with Gasteiger partial charge in [0, 0.05) is 32.7 Å². The van der Waals surface area contributed by atoms with Gasteiger partial charge in [0.1, 0.15) is 5.38 Å². The van der Waals surface area contributed by atoms with Crippen molar-refractivity contribution in [3.63, 3.8) is 0 Å². The topological polar surface area (TPSA) is 23.6 Å². The van der Waals surface area contributed by atoms with Crippen molar-refractivity contribution in [1.82, 2.24) is 9.80 Å². The van der Waals surface area contributed by atoms with Crippen molar-refractivity contribution in [2.75, 3.05) is 32.7 Å². The Kier molecular flexibility index (Phi) is 5.12. The molecule has 0 aromatic heterocycles. The number of rotatable bonds is 4. The molecule has 1 fully saturated rings. The van der Waals surface area contributed by atoms with Crippen LogP contribution < -0.4 is 0 Å². The Balaban J connectivity index is 2.36. The second-order valence-electron chi connectivity index (χ2n) is 3.79. The first-order valence-corrected chi connectivity index (χ1v) is 5.88. The highest BCUT2D eigenvalue weighted by atomic mass is 35.5. The third-order valence-electron chi connectivity index (χ3n) is 2.70. The van der Waals surface area contributed by atoms with E-state index in [0.717, 1.165) is 32.7 Å². The van der Waals surface area contributed by atoms with Crippen molar-refractivity contribution in [3.8, 4) is 0 Å². The molecule has 0 unspecified atom stereocenters. The molecule has 1 aliphatic rings. The highest BCUT2D eigenvalue weighted by Gasteiger charge is 2.24. The van der Waals surface area contributed by atoms with Gasteiger partial charge in [-0.1, -0.05) is 13.0 Å². The highest BCUT2D eigenvalue weighted by Crippen LogP contribution is 2.09. The molecule has 0 radical (unpaired) electrons. The van der Waals surface area contributed by atoms with Crippen LogP contribution in [0.15, 0.2) is 12.7 Å². The van der Waals surface area contributed by atoms with E-state index in [1.54, 1.807) is 0 Å². The molecular weight excluding hydrogens is 212 g/mol. The maximum atomic E-state index is 11.7. The fourth-order valence-corrected chi connectivity index (χ4v) is 1.84. The summed E-state index contributed by atoms with van der Waals surface area (Å²) in [5.74, 6) is 0.0809. The summed E-state index contributed by atoms with van der Waals surface area (Å²) in [5.41, 5.74) is 0. The molecule has 1 amide bonds. The van der Waals surface area contributed by atoms with Crippen molar-refractivity contribution in [3.05, 3.63) is 12.7 Å². The first-order valence-electron chi connectivity index (χ1n) is 5.45. The Morgan fingerprint density at radius 2 is 2.07 bits per heavy atom. The van der Waals surface area contributed by atoms with Gasteiger partial charge in [0.25, 0.3) is 0 Å². The summed E-state index contributed by atoms with van der Waals surface area (Å²) in [7, 11) is 0. The molecule has 0 spiro atoms. The Bertz CT molecular complexity index is 225. The fourth-order valence-electron chi connectivity index (χ4n) is 1.71. The molecule has 0 bridgehead atoms. The predicted molar refractivity (Wildman–Crippen MR) is 63.1 cm³/mol. The van der Waals surface area contributed by atoms with E-state index in [0.29, 0.717) is 6.42 Å². The highest BCUT2D eigenvalue weighted by molar-refractivity contribution is 6.30. The van der Waals surface area contributed by atoms with Crippen molar-refractivity contribution in [1.29, 1.82) is 0 Å². The summed E-state index contributed by atoms with van der Waals surface area (Å²) in [5, 5.41) is -0.351. The summed E-state index contributed by atoms with van der Waals surface area (Å²) in [6.45, 7) is 9.96. The second-order valence-corrected chi connectivity index (χ2v) is 4.32. The van der Waals surface area contributed by atoms with E-state index in [2.05, 4.69) is 11.5 Å². The standard InChI is InChI=1S/C11H19ClN2O/c1-3-5-13-6-8-14(9-7-13)11(15)10(12)4-2/h3,10H,1,4-9H2,2H3/t10-/m0/s1. The second kappa shape index (κ2) is 6.13. The van der Waals surface area contributed by atoms with E-state index < -0.39 is 0 Å². The van der Waals surface area contributed by atoms with Crippen LogP contribution in [-0.2, 0) is 4.79 Å². The van der Waals surface area contributed by atoms with Crippen LogP contribution in [-0.4, -0.2) is 53.8 Å². The zero-order chi connectivity index (χ0) is 11.3. The van der Waals surface area contributed by atoms with Gasteiger partial charge >= 0.3 is 0 Å². The lowest BCUT2D eigenvalue weighted by Crippen LogP contribution is -2.50. The average Bonchev–Trinajstić information content (AvgIpc) is 2.28. The number of halogens is 1. The molecule has 1 aliphatic heterocycles. The number of piperazine rings is 1. The summed E-state index contributed by atoms with van der Waals surface area (Å²) < 4.78 is 0. The molecule has 1 saturated heterocycles. The summed E-state index contributed by atoms with van der Waals surface area (Å²) in [6.07, 6.45) is 2.60. The number of carbonyl (C=O) groups excluding carboxylic acids is 1. The zero-order valence-corrected chi connectivity index (χ0v) is 10.0. The zero-order valence-electron chi connectivity index (χ0n) is 9.29. The predicted octanol–water partition coefficient (Wildman–Crippen LogP) is 1.33. The van der Waals surface area contributed by atoms with Crippen LogP contribution in [0.3, 0.4) is 0 Å². The fraction of sp³-hybridized carbons (Fsp3) is 0.727. The smallest absolute Gasteiger partial charge is 0.240 e. The molecule has 1 atom stereocenters. The van der Waals surface area contributed by atoms with E-state index >= 15 is 0 Å². The molecule has 0 saturated carbocycles. The molecule has 0 aromatic rings. The number of nitrogens with zero attached hydrogens (tertiary/aromatic N) is 2. The molecule has 1 rings (SSSR count). The van der Waals surface area contributed by atoms with Crippen LogP contribution in [0.4, 0.5) is 0 Å². The van der Waals surface area contributed by atoms with Crippen LogP contribution in [0.25, 0.3) is 0 Å². The molecule has 15 heavy (non-hydrogen) atoms. The van der Waals surface area contributed by atoms with Crippen molar-refractivity contribution in [2.24, 2.45) is 0 Å². The van der Waals surface area contributed by atoms with Crippen LogP contribution in [0.1, 0.15) is 13.3 Å². The van der Waals surface area contributed by atoms with E-state index in [1.807, 2.05) is 17.9 Å².